The van der Waals surface area contributed by atoms with Gasteiger partial charge in [-0.25, -0.2) is 4.79 Å². The minimum atomic E-state index is -0.345. The van der Waals surface area contributed by atoms with Gasteiger partial charge in [0.25, 0.3) is 0 Å². The molecule has 1 aliphatic rings. The number of halogens is 1. The van der Waals surface area contributed by atoms with E-state index in [4.69, 9.17) is 4.74 Å². The van der Waals surface area contributed by atoms with Crippen LogP contribution in [0.4, 0.5) is 4.79 Å². The van der Waals surface area contributed by atoms with Crippen LogP contribution in [0.15, 0.2) is 30.3 Å². The summed E-state index contributed by atoms with van der Waals surface area (Å²) in [4.78, 5) is 11.4. The highest BCUT2D eigenvalue weighted by atomic mass is 35.5. The Bertz CT molecular complexity index is 380. The highest BCUT2D eigenvalue weighted by molar-refractivity contribution is 5.85. The second kappa shape index (κ2) is 6.61. The third-order valence-electron chi connectivity index (χ3n) is 2.98. The molecule has 0 unspecified atom stereocenters. The molecule has 1 aromatic rings. The van der Waals surface area contributed by atoms with Gasteiger partial charge in [-0.15, -0.1) is 12.4 Å². The minimum absolute atomic E-state index is 0. The number of hydrogen-bond acceptors (Lipinski definition) is 3. The highest BCUT2D eigenvalue weighted by Crippen LogP contribution is 2.19. The predicted molar refractivity (Wildman–Crippen MR) is 72.9 cm³/mol. The van der Waals surface area contributed by atoms with E-state index in [-0.39, 0.29) is 23.9 Å². The summed E-state index contributed by atoms with van der Waals surface area (Å²) in [6.45, 7) is 5.02. The summed E-state index contributed by atoms with van der Waals surface area (Å²) in [5.41, 5.74) is 1.19. The van der Waals surface area contributed by atoms with Crippen molar-refractivity contribution in [3.05, 3.63) is 35.9 Å². The van der Waals surface area contributed by atoms with Crippen LogP contribution < -0.4 is 10.6 Å². The Kier molecular flexibility index (Phi) is 5.44. The fraction of sp³-hybridized carbons (Fsp3) is 0.462. The number of alkyl carbamates (subject to hydrolysis) is 1. The second-order valence-electron chi connectivity index (χ2n) is 4.83. The molecule has 0 saturated carbocycles. The fourth-order valence-electron chi connectivity index (χ4n) is 1.74. The number of benzene rings is 1. The van der Waals surface area contributed by atoms with Crippen molar-refractivity contribution in [1.82, 2.24) is 10.6 Å². The van der Waals surface area contributed by atoms with E-state index in [2.05, 4.69) is 17.6 Å². The van der Waals surface area contributed by atoms with Crippen molar-refractivity contribution in [2.75, 3.05) is 19.6 Å². The van der Waals surface area contributed by atoms with Gasteiger partial charge in [-0.2, -0.15) is 0 Å². The lowest BCUT2D eigenvalue weighted by Crippen LogP contribution is -2.57. The first kappa shape index (κ1) is 14.8. The second-order valence-corrected chi connectivity index (χ2v) is 4.83. The molecule has 0 aromatic heterocycles. The molecule has 1 heterocycles. The quantitative estimate of drug-likeness (QED) is 0.879. The van der Waals surface area contributed by atoms with Crippen LogP contribution in [0, 0.1) is 5.41 Å². The van der Waals surface area contributed by atoms with Crippen LogP contribution >= 0.6 is 12.4 Å². The van der Waals surface area contributed by atoms with E-state index < -0.39 is 0 Å². The molecule has 0 aliphatic carbocycles. The third-order valence-corrected chi connectivity index (χ3v) is 2.98. The molecule has 1 saturated heterocycles. The minimum Gasteiger partial charge on any atom is -0.445 e. The van der Waals surface area contributed by atoms with Gasteiger partial charge in [0.2, 0.25) is 0 Å². The summed E-state index contributed by atoms with van der Waals surface area (Å²) < 4.78 is 5.12. The Morgan fingerprint density at radius 2 is 2.06 bits per heavy atom. The molecular formula is C13H19ClN2O2. The highest BCUT2D eigenvalue weighted by Gasteiger charge is 2.31. The third kappa shape index (κ3) is 4.20. The van der Waals surface area contributed by atoms with Crippen molar-refractivity contribution in [2.45, 2.75) is 13.5 Å². The molecular weight excluding hydrogens is 252 g/mol. The van der Waals surface area contributed by atoms with Crippen molar-refractivity contribution in [1.29, 1.82) is 0 Å². The molecule has 4 nitrogen and oxygen atoms in total. The van der Waals surface area contributed by atoms with Crippen LogP contribution in [-0.2, 0) is 11.3 Å². The largest absolute Gasteiger partial charge is 0.445 e. The lowest BCUT2D eigenvalue weighted by atomic mass is 9.84. The van der Waals surface area contributed by atoms with Gasteiger partial charge in [0.1, 0.15) is 6.61 Å². The fourth-order valence-corrected chi connectivity index (χ4v) is 1.74. The summed E-state index contributed by atoms with van der Waals surface area (Å²) >= 11 is 0. The van der Waals surface area contributed by atoms with E-state index in [1.807, 2.05) is 30.3 Å². The number of carbonyl (C=O) groups excluding carboxylic acids is 1. The molecule has 0 radical (unpaired) electrons. The van der Waals surface area contributed by atoms with Crippen LogP contribution in [0.25, 0.3) is 0 Å². The first-order chi connectivity index (χ1) is 8.18. The number of carbonyl (C=O) groups is 1. The van der Waals surface area contributed by atoms with Gasteiger partial charge in [-0.05, 0) is 5.56 Å². The molecule has 1 fully saturated rings. The van der Waals surface area contributed by atoms with Gasteiger partial charge in [-0.1, -0.05) is 37.3 Å². The number of nitrogens with one attached hydrogen (secondary N) is 2. The van der Waals surface area contributed by atoms with Crippen molar-refractivity contribution < 1.29 is 9.53 Å². The van der Waals surface area contributed by atoms with Gasteiger partial charge in [-0.3, -0.25) is 0 Å². The normalized spacial score (nSPS) is 16.1. The van der Waals surface area contributed by atoms with Gasteiger partial charge in [0.05, 0.1) is 0 Å². The Morgan fingerprint density at radius 3 is 2.61 bits per heavy atom. The first-order valence-electron chi connectivity index (χ1n) is 5.83. The molecule has 1 aromatic carbocycles. The van der Waals surface area contributed by atoms with Gasteiger partial charge in [0.15, 0.2) is 0 Å². The number of amides is 1. The Morgan fingerprint density at radius 1 is 1.39 bits per heavy atom. The SMILES string of the molecule is CC1(CNC(=O)OCc2ccccc2)CNC1.Cl. The van der Waals surface area contributed by atoms with E-state index in [9.17, 15) is 4.79 Å². The summed E-state index contributed by atoms with van der Waals surface area (Å²) in [5, 5.41) is 5.99. The van der Waals surface area contributed by atoms with E-state index in [0.29, 0.717) is 13.2 Å². The van der Waals surface area contributed by atoms with Gasteiger partial charge in [0, 0.05) is 25.0 Å². The average Bonchev–Trinajstić information content (AvgIpc) is 2.33. The number of rotatable bonds is 4. The Balaban J connectivity index is 0.00000162. The van der Waals surface area contributed by atoms with E-state index in [1.165, 1.54) is 0 Å². The standard InChI is InChI=1S/C13H18N2O2.ClH/c1-13(8-14-9-13)10-15-12(16)17-7-11-5-3-2-4-6-11;/h2-6,14H,7-10H2,1H3,(H,15,16);1H. The monoisotopic (exact) mass is 270 g/mol. The maximum atomic E-state index is 11.4. The number of ether oxygens (including phenoxy) is 1. The zero-order valence-electron chi connectivity index (χ0n) is 10.4. The van der Waals surface area contributed by atoms with E-state index in [1.54, 1.807) is 0 Å². The molecule has 2 rings (SSSR count). The van der Waals surface area contributed by atoms with Crippen molar-refractivity contribution in [3.63, 3.8) is 0 Å². The molecule has 18 heavy (non-hydrogen) atoms. The maximum Gasteiger partial charge on any atom is 0.407 e. The zero-order chi connectivity index (χ0) is 12.1. The molecule has 0 spiro atoms. The van der Waals surface area contributed by atoms with Gasteiger partial charge >= 0.3 is 6.09 Å². The smallest absolute Gasteiger partial charge is 0.407 e. The molecule has 2 N–H and O–H groups in total. The molecule has 0 atom stereocenters. The molecule has 1 aliphatic heterocycles. The summed E-state index contributed by atoms with van der Waals surface area (Å²) in [5.74, 6) is 0. The van der Waals surface area contributed by atoms with E-state index >= 15 is 0 Å². The van der Waals surface area contributed by atoms with Crippen LogP contribution in [0.5, 0.6) is 0 Å². The Labute approximate surface area is 114 Å². The first-order valence-corrected chi connectivity index (χ1v) is 5.83. The number of hydrogen-bond donors (Lipinski definition) is 2. The molecule has 5 heteroatoms. The van der Waals surface area contributed by atoms with Crippen molar-refractivity contribution >= 4 is 18.5 Å². The molecule has 1 amide bonds. The van der Waals surface area contributed by atoms with Crippen molar-refractivity contribution in [2.24, 2.45) is 5.41 Å². The Hall–Kier alpha value is -1.26. The van der Waals surface area contributed by atoms with Gasteiger partial charge < -0.3 is 15.4 Å². The van der Waals surface area contributed by atoms with Crippen LogP contribution in [0.1, 0.15) is 12.5 Å². The maximum absolute atomic E-state index is 11.4. The average molecular weight is 271 g/mol. The molecule has 100 valence electrons. The van der Waals surface area contributed by atoms with Crippen LogP contribution in [0.2, 0.25) is 0 Å². The summed E-state index contributed by atoms with van der Waals surface area (Å²) in [7, 11) is 0. The summed E-state index contributed by atoms with van der Waals surface area (Å²) in [6, 6.07) is 9.66. The topological polar surface area (TPSA) is 50.4 Å². The van der Waals surface area contributed by atoms with E-state index in [0.717, 1.165) is 18.7 Å². The van der Waals surface area contributed by atoms with Crippen LogP contribution in [-0.4, -0.2) is 25.7 Å². The summed E-state index contributed by atoms with van der Waals surface area (Å²) in [6.07, 6.45) is -0.345. The predicted octanol–water partition coefficient (Wildman–Crippen LogP) is 1.94. The van der Waals surface area contributed by atoms with Crippen LogP contribution in [0.3, 0.4) is 0 Å². The lowest BCUT2D eigenvalue weighted by molar-refractivity contribution is 0.125. The van der Waals surface area contributed by atoms with Crippen molar-refractivity contribution in [3.8, 4) is 0 Å². The lowest BCUT2D eigenvalue weighted by Gasteiger charge is -2.39. The zero-order valence-corrected chi connectivity index (χ0v) is 11.3. The molecule has 0 bridgehead atoms.